The van der Waals surface area contributed by atoms with Gasteiger partial charge in [0.1, 0.15) is 28.9 Å². The Hall–Kier alpha value is -4.84. The highest BCUT2D eigenvalue weighted by Crippen LogP contribution is 2.43. The predicted octanol–water partition coefficient (Wildman–Crippen LogP) is 4.82. The van der Waals surface area contributed by atoms with E-state index in [1.807, 2.05) is 13.8 Å². The Morgan fingerprint density at radius 3 is 2.34 bits per heavy atom. The molecule has 0 aliphatic carbocycles. The van der Waals surface area contributed by atoms with Crippen molar-refractivity contribution in [2.45, 2.75) is 25.9 Å². The largest absolute Gasteiger partial charge is 0.491 e. The maximum atomic E-state index is 12.6. The highest BCUT2D eigenvalue weighted by Gasteiger charge is 2.31. The van der Waals surface area contributed by atoms with Crippen LogP contribution in [0.25, 0.3) is 0 Å². The molecule has 1 aliphatic heterocycles. The van der Waals surface area contributed by atoms with E-state index >= 15 is 0 Å². The second kappa shape index (κ2) is 9.57. The van der Waals surface area contributed by atoms with E-state index in [1.165, 1.54) is 18.2 Å². The number of nitro groups is 1. The van der Waals surface area contributed by atoms with Crippen molar-refractivity contribution < 1.29 is 23.9 Å². The van der Waals surface area contributed by atoms with Crippen LogP contribution in [0.4, 0.5) is 5.69 Å². The number of fused-ring (bicyclic) bond motifs is 1. The summed E-state index contributed by atoms with van der Waals surface area (Å²) >= 11 is 0. The molecule has 1 unspecified atom stereocenters. The number of rotatable bonds is 6. The van der Waals surface area contributed by atoms with Crippen molar-refractivity contribution >= 4 is 11.7 Å². The van der Waals surface area contributed by atoms with Gasteiger partial charge in [0, 0.05) is 23.8 Å². The molecule has 1 atom stereocenters. The molecule has 35 heavy (non-hydrogen) atoms. The minimum Gasteiger partial charge on any atom is -0.491 e. The third kappa shape index (κ3) is 4.91. The van der Waals surface area contributed by atoms with E-state index in [-0.39, 0.29) is 29.0 Å². The lowest BCUT2D eigenvalue weighted by atomic mass is 9.83. The van der Waals surface area contributed by atoms with Gasteiger partial charge in [-0.3, -0.25) is 10.1 Å². The van der Waals surface area contributed by atoms with Gasteiger partial charge >= 0.3 is 5.97 Å². The first-order chi connectivity index (χ1) is 16.8. The number of esters is 1. The molecule has 0 amide bonds. The van der Waals surface area contributed by atoms with Gasteiger partial charge in [-0.2, -0.15) is 5.26 Å². The number of allylic oxidation sites excluding steroid dienone is 1. The van der Waals surface area contributed by atoms with Gasteiger partial charge in [-0.05, 0) is 49.7 Å². The molecule has 3 aromatic rings. The highest BCUT2D eigenvalue weighted by atomic mass is 16.6. The van der Waals surface area contributed by atoms with Gasteiger partial charge in [0.2, 0.25) is 5.88 Å². The smallest absolute Gasteiger partial charge is 0.343 e. The van der Waals surface area contributed by atoms with E-state index < -0.39 is 16.8 Å². The van der Waals surface area contributed by atoms with E-state index in [0.29, 0.717) is 28.2 Å². The third-order valence-corrected chi connectivity index (χ3v) is 5.30. The van der Waals surface area contributed by atoms with Crippen LogP contribution >= 0.6 is 0 Å². The minimum atomic E-state index is -0.595. The third-order valence-electron chi connectivity index (χ3n) is 5.30. The molecule has 0 fully saturated rings. The highest BCUT2D eigenvalue weighted by molar-refractivity contribution is 5.91. The van der Waals surface area contributed by atoms with Crippen LogP contribution in [0, 0.1) is 21.4 Å². The van der Waals surface area contributed by atoms with Crippen LogP contribution in [0.2, 0.25) is 0 Å². The fraction of sp³-hybridized carbons (Fsp3) is 0.154. The number of benzene rings is 3. The van der Waals surface area contributed by atoms with Crippen LogP contribution in [0.3, 0.4) is 0 Å². The van der Waals surface area contributed by atoms with Crippen molar-refractivity contribution in [1.82, 2.24) is 0 Å². The van der Waals surface area contributed by atoms with E-state index in [4.69, 9.17) is 19.9 Å². The monoisotopic (exact) mass is 471 g/mol. The predicted molar refractivity (Wildman–Crippen MR) is 126 cm³/mol. The number of non-ortho nitro benzene ring substituents is 1. The molecular weight excluding hydrogens is 450 g/mol. The molecule has 176 valence electrons. The van der Waals surface area contributed by atoms with E-state index in [9.17, 15) is 20.2 Å². The summed E-state index contributed by atoms with van der Waals surface area (Å²) in [6, 6.07) is 19.3. The molecule has 1 aliphatic rings. The molecule has 0 radical (unpaired) electrons. The zero-order chi connectivity index (χ0) is 25.1. The molecule has 0 aromatic heterocycles. The van der Waals surface area contributed by atoms with Crippen LogP contribution < -0.4 is 19.9 Å². The zero-order valence-electron chi connectivity index (χ0n) is 18.9. The van der Waals surface area contributed by atoms with Crippen LogP contribution in [0.15, 0.2) is 78.2 Å². The Morgan fingerprint density at radius 2 is 1.74 bits per heavy atom. The molecule has 0 spiro atoms. The Labute approximate surface area is 201 Å². The number of nitrogens with two attached hydrogens (primary N) is 1. The number of hydrogen-bond donors (Lipinski definition) is 1. The minimum absolute atomic E-state index is 0.0150. The van der Waals surface area contributed by atoms with Gasteiger partial charge in [-0.25, -0.2) is 4.79 Å². The number of nitrogens with zero attached hydrogens (tertiary/aromatic N) is 2. The molecular formula is C26H21N3O6. The normalized spacial score (nSPS) is 14.5. The van der Waals surface area contributed by atoms with Gasteiger partial charge in [-0.15, -0.1) is 0 Å². The lowest BCUT2D eigenvalue weighted by Crippen LogP contribution is -2.21. The van der Waals surface area contributed by atoms with Crippen molar-refractivity contribution in [2.24, 2.45) is 5.73 Å². The molecule has 0 saturated heterocycles. The number of carbonyl (C=O) groups is 1. The van der Waals surface area contributed by atoms with E-state index in [2.05, 4.69) is 6.07 Å². The Balaban J connectivity index is 1.60. The quantitative estimate of drug-likeness (QED) is 0.234. The lowest BCUT2D eigenvalue weighted by Gasteiger charge is -2.26. The molecule has 0 bridgehead atoms. The molecule has 1 heterocycles. The molecule has 3 aromatic carbocycles. The first-order valence-corrected chi connectivity index (χ1v) is 10.7. The van der Waals surface area contributed by atoms with E-state index in [1.54, 1.807) is 48.5 Å². The second-order valence-electron chi connectivity index (χ2n) is 8.05. The number of hydrogen-bond acceptors (Lipinski definition) is 8. The average Bonchev–Trinajstić information content (AvgIpc) is 2.83. The molecule has 4 rings (SSSR count). The van der Waals surface area contributed by atoms with Crippen LogP contribution in [-0.4, -0.2) is 17.0 Å². The summed E-state index contributed by atoms with van der Waals surface area (Å²) in [5.41, 5.74) is 7.71. The molecule has 0 saturated carbocycles. The SMILES string of the molecule is CC(C)Oc1ccc(C(=O)Oc2ccc3c(c2)OC(N)=C(C#N)C3c2ccc([N+](=O)[O-])cc2)cc1. The fourth-order valence-electron chi connectivity index (χ4n) is 3.74. The summed E-state index contributed by atoms with van der Waals surface area (Å²) in [6.07, 6.45) is 0.0150. The van der Waals surface area contributed by atoms with Crippen molar-refractivity contribution in [3.05, 3.63) is 105 Å². The summed E-state index contributed by atoms with van der Waals surface area (Å²) in [7, 11) is 0. The van der Waals surface area contributed by atoms with Gasteiger partial charge in [0.05, 0.1) is 22.5 Å². The maximum Gasteiger partial charge on any atom is 0.343 e. The summed E-state index contributed by atoms with van der Waals surface area (Å²) in [4.78, 5) is 23.1. The van der Waals surface area contributed by atoms with Crippen molar-refractivity contribution in [2.75, 3.05) is 0 Å². The summed E-state index contributed by atoms with van der Waals surface area (Å²) < 4.78 is 16.7. The summed E-state index contributed by atoms with van der Waals surface area (Å²) in [6.45, 7) is 3.82. The van der Waals surface area contributed by atoms with Crippen LogP contribution in [0.1, 0.15) is 41.3 Å². The molecule has 2 N–H and O–H groups in total. The van der Waals surface area contributed by atoms with Crippen molar-refractivity contribution in [1.29, 1.82) is 5.26 Å². The molecule has 9 heteroatoms. The molecule has 9 nitrogen and oxygen atoms in total. The lowest BCUT2D eigenvalue weighted by molar-refractivity contribution is -0.384. The Kier molecular flexibility index (Phi) is 6.38. The topological polar surface area (TPSA) is 138 Å². The summed E-state index contributed by atoms with van der Waals surface area (Å²) in [5, 5.41) is 20.7. The van der Waals surface area contributed by atoms with Crippen molar-refractivity contribution in [3.8, 4) is 23.3 Å². The van der Waals surface area contributed by atoms with Gasteiger partial charge in [-0.1, -0.05) is 18.2 Å². The first-order valence-electron chi connectivity index (χ1n) is 10.7. The first kappa shape index (κ1) is 23.3. The standard InChI is InChI=1S/C26H21N3O6/c1-15(2)33-19-9-5-17(6-10-19)26(30)34-20-11-12-21-23(13-20)35-25(28)22(14-27)24(21)16-3-7-18(8-4-16)29(31)32/h3-13,15,24H,28H2,1-2H3. The van der Waals surface area contributed by atoms with E-state index in [0.717, 1.165) is 0 Å². The Bertz CT molecular complexity index is 1360. The van der Waals surface area contributed by atoms with Crippen molar-refractivity contribution in [3.63, 3.8) is 0 Å². The zero-order valence-corrected chi connectivity index (χ0v) is 18.9. The maximum absolute atomic E-state index is 12.6. The number of ether oxygens (including phenoxy) is 3. The average molecular weight is 471 g/mol. The number of nitro benzene ring substituents is 1. The number of nitriles is 1. The second-order valence-corrected chi connectivity index (χ2v) is 8.05. The fourth-order valence-corrected chi connectivity index (χ4v) is 3.74. The number of carbonyl (C=O) groups excluding carboxylic acids is 1. The van der Waals surface area contributed by atoms with Gasteiger partial charge in [0.25, 0.3) is 5.69 Å². The van der Waals surface area contributed by atoms with Gasteiger partial charge < -0.3 is 19.9 Å². The Morgan fingerprint density at radius 1 is 1.09 bits per heavy atom. The van der Waals surface area contributed by atoms with Crippen LogP contribution in [-0.2, 0) is 0 Å². The van der Waals surface area contributed by atoms with Crippen LogP contribution in [0.5, 0.6) is 17.2 Å². The summed E-state index contributed by atoms with van der Waals surface area (Å²) in [5.74, 6) is -0.0605. The van der Waals surface area contributed by atoms with Gasteiger partial charge in [0.15, 0.2) is 0 Å².